The van der Waals surface area contributed by atoms with Gasteiger partial charge in [0, 0.05) is 18.7 Å². The summed E-state index contributed by atoms with van der Waals surface area (Å²) < 4.78 is 11.3. The molecule has 0 aliphatic carbocycles. The van der Waals surface area contributed by atoms with E-state index in [4.69, 9.17) is 9.47 Å². The first-order chi connectivity index (χ1) is 11.6. The monoisotopic (exact) mass is 329 g/mol. The molecule has 5 heteroatoms. The van der Waals surface area contributed by atoms with Gasteiger partial charge in [-0.2, -0.15) is 0 Å². The van der Waals surface area contributed by atoms with E-state index in [1.54, 1.807) is 0 Å². The molecule has 3 rings (SSSR count). The van der Waals surface area contributed by atoms with E-state index in [1.165, 1.54) is 0 Å². The molecule has 2 aromatic carbocycles. The van der Waals surface area contributed by atoms with Gasteiger partial charge in [0.15, 0.2) is 0 Å². The van der Waals surface area contributed by atoms with E-state index in [2.05, 4.69) is 12.1 Å². The average molecular weight is 329 g/mol. The van der Waals surface area contributed by atoms with Crippen molar-refractivity contribution in [1.29, 1.82) is 0 Å². The Morgan fingerprint density at radius 2 is 2.12 bits per heavy atom. The molecule has 1 atom stereocenters. The summed E-state index contributed by atoms with van der Waals surface area (Å²) in [5, 5.41) is 11.7. The third kappa shape index (κ3) is 3.52. The van der Waals surface area contributed by atoms with E-state index < -0.39 is 12.0 Å². The van der Waals surface area contributed by atoms with Gasteiger partial charge in [0.2, 0.25) is 0 Å². The highest BCUT2D eigenvalue weighted by molar-refractivity contribution is 5.87. The number of nitrogens with zero attached hydrogens (tertiary/aromatic N) is 1. The van der Waals surface area contributed by atoms with Crippen molar-refractivity contribution in [3.63, 3.8) is 0 Å². The second kappa shape index (κ2) is 7.20. The topological polar surface area (TPSA) is 59.0 Å². The lowest BCUT2D eigenvalue weighted by atomic mass is 10.0. The van der Waals surface area contributed by atoms with E-state index in [9.17, 15) is 9.90 Å². The molecule has 0 unspecified atom stereocenters. The Morgan fingerprint density at radius 1 is 1.33 bits per heavy atom. The summed E-state index contributed by atoms with van der Waals surface area (Å²) in [5.41, 5.74) is 1.04. The SMILES string of the molecule is CC(C)Oc1ccc2ccccc2c1CN1CCOC[C@@H]1C(=O)O. The van der Waals surface area contributed by atoms with Crippen LogP contribution in [0.4, 0.5) is 0 Å². The van der Waals surface area contributed by atoms with Crippen LogP contribution in [0.25, 0.3) is 10.8 Å². The second-order valence-corrected chi connectivity index (χ2v) is 6.33. The molecule has 1 fully saturated rings. The minimum atomic E-state index is -0.846. The van der Waals surface area contributed by atoms with Crippen molar-refractivity contribution >= 4 is 16.7 Å². The molecule has 128 valence electrons. The van der Waals surface area contributed by atoms with Crippen LogP contribution in [0.2, 0.25) is 0 Å². The maximum absolute atomic E-state index is 11.5. The number of hydrogen-bond donors (Lipinski definition) is 1. The maximum Gasteiger partial charge on any atom is 0.323 e. The van der Waals surface area contributed by atoms with Crippen molar-refractivity contribution in [1.82, 2.24) is 4.90 Å². The first-order valence-electron chi connectivity index (χ1n) is 8.28. The predicted molar refractivity (Wildman–Crippen MR) is 92.4 cm³/mol. The van der Waals surface area contributed by atoms with Crippen LogP contribution < -0.4 is 4.74 Å². The van der Waals surface area contributed by atoms with Gasteiger partial charge in [-0.25, -0.2) is 0 Å². The number of rotatable bonds is 5. The molecule has 2 aromatic rings. The Bertz CT molecular complexity index is 728. The zero-order valence-electron chi connectivity index (χ0n) is 14.1. The molecule has 0 radical (unpaired) electrons. The molecular weight excluding hydrogens is 306 g/mol. The molecule has 1 aliphatic rings. The molecule has 1 heterocycles. The van der Waals surface area contributed by atoms with Gasteiger partial charge >= 0.3 is 5.97 Å². The largest absolute Gasteiger partial charge is 0.491 e. The minimum Gasteiger partial charge on any atom is -0.491 e. The van der Waals surface area contributed by atoms with Crippen molar-refractivity contribution < 1.29 is 19.4 Å². The number of aliphatic carboxylic acids is 1. The van der Waals surface area contributed by atoms with Crippen LogP contribution in [-0.2, 0) is 16.1 Å². The lowest BCUT2D eigenvalue weighted by Crippen LogP contribution is -2.49. The molecule has 0 saturated carbocycles. The Labute approximate surface area is 141 Å². The van der Waals surface area contributed by atoms with Crippen LogP contribution in [0.15, 0.2) is 36.4 Å². The van der Waals surface area contributed by atoms with Crippen molar-refractivity contribution in [2.75, 3.05) is 19.8 Å². The first kappa shape index (κ1) is 16.7. The summed E-state index contributed by atoms with van der Waals surface area (Å²) in [6.45, 7) is 5.89. The number of carbonyl (C=O) groups is 1. The summed E-state index contributed by atoms with van der Waals surface area (Å²) in [5.74, 6) is -0.0272. The Balaban J connectivity index is 2.00. The Hall–Kier alpha value is -2.11. The second-order valence-electron chi connectivity index (χ2n) is 6.33. The van der Waals surface area contributed by atoms with Crippen molar-refractivity contribution in [3.05, 3.63) is 42.0 Å². The number of carboxylic acids is 1. The maximum atomic E-state index is 11.5. The highest BCUT2D eigenvalue weighted by atomic mass is 16.5. The van der Waals surface area contributed by atoms with E-state index in [1.807, 2.05) is 43.0 Å². The highest BCUT2D eigenvalue weighted by Gasteiger charge is 2.30. The molecule has 24 heavy (non-hydrogen) atoms. The van der Waals surface area contributed by atoms with Crippen molar-refractivity contribution in [2.45, 2.75) is 32.5 Å². The van der Waals surface area contributed by atoms with Gasteiger partial charge in [-0.3, -0.25) is 9.69 Å². The normalized spacial score (nSPS) is 18.9. The van der Waals surface area contributed by atoms with Crippen LogP contribution >= 0.6 is 0 Å². The number of hydrogen-bond acceptors (Lipinski definition) is 4. The van der Waals surface area contributed by atoms with Crippen LogP contribution in [0.3, 0.4) is 0 Å². The van der Waals surface area contributed by atoms with E-state index in [-0.39, 0.29) is 12.7 Å². The van der Waals surface area contributed by atoms with Gasteiger partial charge in [0.1, 0.15) is 11.8 Å². The first-order valence-corrected chi connectivity index (χ1v) is 8.28. The number of benzene rings is 2. The molecule has 0 aromatic heterocycles. The van der Waals surface area contributed by atoms with Gasteiger partial charge in [-0.15, -0.1) is 0 Å². The standard InChI is InChI=1S/C19H23NO4/c1-13(2)24-18-8-7-14-5-3-4-6-15(14)16(18)11-20-9-10-23-12-17(20)19(21)22/h3-8,13,17H,9-12H2,1-2H3,(H,21,22)/t17-/m1/s1. The lowest BCUT2D eigenvalue weighted by Gasteiger charge is -2.33. The summed E-state index contributed by atoms with van der Waals surface area (Å²) in [7, 11) is 0. The predicted octanol–water partition coefficient (Wildman–Crippen LogP) is 2.91. The number of carboxylic acid groups (broad SMARTS) is 1. The van der Waals surface area contributed by atoms with Crippen molar-refractivity contribution in [3.8, 4) is 5.75 Å². The van der Waals surface area contributed by atoms with E-state index >= 15 is 0 Å². The van der Waals surface area contributed by atoms with Gasteiger partial charge in [0.25, 0.3) is 0 Å². The molecule has 0 amide bonds. The molecule has 5 nitrogen and oxygen atoms in total. The van der Waals surface area contributed by atoms with Crippen LogP contribution in [-0.4, -0.2) is 47.9 Å². The van der Waals surface area contributed by atoms with Crippen LogP contribution in [0.5, 0.6) is 5.75 Å². The Morgan fingerprint density at radius 3 is 2.88 bits per heavy atom. The lowest BCUT2D eigenvalue weighted by molar-refractivity contribution is -0.150. The smallest absolute Gasteiger partial charge is 0.323 e. The third-order valence-electron chi connectivity index (χ3n) is 4.25. The minimum absolute atomic E-state index is 0.0601. The molecule has 1 N–H and O–H groups in total. The molecule has 1 saturated heterocycles. The Kier molecular flexibility index (Phi) is 5.02. The fraction of sp³-hybridized carbons (Fsp3) is 0.421. The number of fused-ring (bicyclic) bond motifs is 1. The average Bonchev–Trinajstić information content (AvgIpc) is 2.57. The molecule has 0 spiro atoms. The fourth-order valence-electron chi connectivity index (χ4n) is 3.10. The molecule has 1 aliphatic heterocycles. The molecular formula is C19H23NO4. The van der Waals surface area contributed by atoms with Gasteiger partial charge in [0.05, 0.1) is 19.3 Å². The third-order valence-corrected chi connectivity index (χ3v) is 4.25. The van der Waals surface area contributed by atoms with E-state index in [0.717, 1.165) is 22.1 Å². The van der Waals surface area contributed by atoms with Crippen LogP contribution in [0, 0.1) is 0 Å². The molecule has 0 bridgehead atoms. The van der Waals surface area contributed by atoms with E-state index in [0.29, 0.717) is 19.7 Å². The van der Waals surface area contributed by atoms with Gasteiger partial charge in [-0.1, -0.05) is 30.3 Å². The number of morpholine rings is 1. The number of ether oxygens (including phenoxy) is 2. The highest BCUT2D eigenvalue weighted by Crippen LogP contribution is 2.31. The zero-order valence-corrected chi connectivity index (χ0v) is 14.1. The summed E-state index contributed by atoms with van der Waals surface area (Å²) in [6.07, 6.45) is 0.0601. The van der Waals surface area contributed by atoms with Gasteiger partial charge in [-0.05, 0) is 30.7 Å². The summed E-state index contributed by atoms with van der Waals surface area (Å²) in [6, 6.07) is 11.5. The fourth-order valence-corrected chi connectivity index (χ4v) is 3.10. The summed E-state index contributed by atoms with van der Waals surface area (Å²) >= 11 is 0. The summed E-state index contributed by atoms with van der Waals surface area (Å²) in [4.78, 5) is 13.5. The van der Waals surface area contributed by atoms with Crippen LogP contribution in [0.1, 0.15) is 19.4 Å². The van der Waals surface area contributed by atoms with Gasteiger partial charge < -0.3 is 14.6 Å². The van der Waals surface area contributed by atoms with Crippen molar-refractivity contribution in [2.24, 2.45) is 0 Å². The zero-order chi connectivity index (χ0) is 17.1. The quantitative estimate of drug-likeness (QED) is 0.914.